The summed E-state index contributed by atoms with van der Waals surface area (Å²) < 4.78 is 0. The first-order valence-corrected chi connectivity index (χ1v) is 6.63. The van der Waals surface area contributed by atoms with Crippen molar-refractivity contribution in [3.05, 3.63) is 24.4 Å². The molecule has 0 bridgehead atoms. The van der Waals surface area contributed by atoms with Crippen molar-refractivity contribution in [1.82, 2.24) is 9.88 Å². The molecule has 1 aliphatic rings. The van der Waals surface area contributed by atoms with Gasteiger partial charge in [-0.3, -0.25) is 4.79 Å². The maximum absolute atomic E-state index is 11.9. The molecule has 4 heteroatoms. The fourth-order valence-electron chi connectivity index (χ4n) is 2.27. The zero-order valence-corrected chi connectivity index (χ0v) is 11.1. The van der Waals surface area contributed by atoms with E-state index in [-0.39, 0.29) is 11.8 Å². The van der Waals surface area contributed by atoms with E-state index in [0.29, 0.717) is 6.04 Å². The molecule has 98 valence electrons. The number of hydrogen-bond acceptors (Lipinski definition) is 3. The van der Waals surface area contributed by atoms with E-state index in [1.807, 2.05) is 36.9 Å². The van der Waals surface area contributed by atoms with Gasteiger partial charge in [0.2, 0.25) is 5.91 Å². The fourth-order valence-corrected chi connectivity index (χ4v) is 2.27. The van der Waals surface area contributed by atoms with Crippen molar-refractivity contribution in [2.24, 2.45) is 5.92 Å². The minimum absolute atomic E-state index is 0.102. The topological polar surface area (TPSA) is 45.2 Å². The summed E-state index contributed by atoms with van der Waals surface area (Å²) in [7, 11) is 0. The zero-order chi connectivity index (χ0) is 13.0. The molecule has 1 saturated heterocycles. The summed E-state index contributed by atoms with van der Waals surface area (Å²) in [5, 5.41) is 3.42. The number of rotatable bonds is 3. The molecule has 1 aromatic rings. The molecule has 1 aliphatic heterocycles. The van der Waals surface area contributed by atoms with E-state index in [1.54, 1.807) is 6.20 Å². The molecule has 1 N–H and O–H groups in total. The van der Waals surface area contributed by atoms with E-state index in [1.165, 1.54) is 0 Å². The Bertz CT molecular complexity index is 383. The highest BCUT2D eigenvalue weighted by Gasteiger charge is 2.24. The Balaban J connectivity index is 1.82. The van der Waals surface area contributed by atoms with Gasteiger partial charge >= 0.3 is 0 Å². The number of piperidine rings is 1. The highest BCUT2D eigenvalue weighted by molar-refractivity contribution is 5.78. The van der Waals surface area contributed by atoms with Crippen LogP contribution < -0.4 is 5.32 Å². The molecular weight excluding hydrogens is 226 g/mol. The summed E-state index contributed by atoms with van der Waals surface area (Å²) in [6, 6.07) is 6.30. The maximum Gasteiger partial charge on any atom is 0.225 e. The van der Waals surface area contributed by atoms with Crippen LogP contribution in [0.15, 0.2) is 24.4 Å². The number of anilines is 1. The third-order valence-corrected chi connectivity index (χ3v) is 3.32. The summed E-state index contributed by atoms with van der Waals surface area (Å²) in [6.45, 7) is 5.62. The number of aromatic nitrogens is 1. The lowest BCUT2D eigenvalue weighted by Crippen LogP contribution is -2.44. The molecule has 18 heavy (non-hydrogen) atoms. The molecular formula is C14H21N3O. The van der Waals surface area contributed by atoms with Crippen LogP contribution in [0.25, 0.3) is 0 Å². The molecule has 2 heterocycles. The number of hydrogen-bond donors (Lipinski definition) is 1. The van der Waals surface area contributed by atoms with E-state index < -0.39 is 0 Å². The highest BCUT2D eigenvalue weighted by Crippen LogP contribution is 2.16. The minimum atomic E-state index is 0.102. The second-order valence-corrected chi connectivity index (χ2v) is 5.11. The Kier molecular flexibility index (Phi) is 4.18. The number of nitrogens with one attached hydrogen (secondary N) is 1. The van der Waals surface area contributed by atoms with E-state index in [0.717, 1.165) is 31.7 Å². The molecule has 1 amide bonds. The van der Waals surface area contributed by atoms with Gasteiger partial charge in [0.1, 0.15) is 5.82 Å². The molecule has 0 saturated carbocycles. The average molecular weight is 247 g/mol. The van der Waals surface area contributed by atoms with Crippen LogP contribution >= 0.6 is 0 Å². The van der Waals surface area contributed by atoms with Crippen molar-refractivity contribution in [2.75, 3.05) is 18.4 Å². The van der Waals surface area contributed by atoms with Gasteiger partial charge in [-0.05, 0) is 25.0 Å². The van der Waals surface area contributed by atoms with Gasteiger partial charge in [-0.15, -0.1) is 0 Å². The average Bonchev–Trinajstić information content (AvgIpc) is 2.40. The number of amides is 1. The normalized spacial score (nSPS) is 16.9. The lowest BCUT2D eigenvalue weighted by molar-refractivity contribution is -0.135. The van der Waals surface area contributed by atoms with Gasteiger partial charge in [0.25, 0.3) is 0 Å². The van der Waals surface area contributed by atoms with Crippen molar-refractivity contribution in [1.29, 1.82) is 0 Å². The third kappa shape index (κ3) is 3.22. The molecule has 0 aliphatic carbocycles. The number of pyridine rings is 1. The summed E-state index contributed by atoms with van der Waals surface area (Å²) >= 11 is 0. The standard InChI is InChI=1S/C14H21N3O/c1-11(2)14(18)17-9-6-12(7-10-17)16-13-5-3-4-8-15-13/h3-5,8,11-12H,6-7,9-10H2,1-2H3,(H,15,16). The summed E-state index contributed by atoms with van der Waals surface area (Å²) in [6.07, 6.45) is 3.78. The number of carbonyl (C=O) groups excluding carboxylic acids is 1. The van der Waals surface area contributed by atoms with Crippen LogP contribution in [-0.4, -0.2) is 34.9 Å². The van der Waals surface area contributed by atoms with Gasteiger partial charge in [0, 0.05) is 31.2 Å². The smallest absolute Gasteiger partial charge is 0.225 e. The van der Waals surface area contributed by atoms with Gasteiger partial charge in [0.15, 0.2) is 0 Å². The monoisotopic (exact) mass is 247 g/mol. The van der Waals surface area contributed by atoms with Crippen LogP contribution in [0.4, 0.5) is 5.82 Å². The van der Waals surface area contributed by atoms with E-state index in [9.17, 15) is 4.79 Å². The minimum Gasteiger partial charge on any atom is -0.367 e. The Hall–Kier alpha value is -1.58. The molecule has 0 radical (unpaired) electrons. The lowest BCUT2D eigenvalue weighted by atomic mass is 10.0. The largest absolute Gasteiger partial charge is 0.367 e. The number of carbonyl (C=O) groups is 1. The fraction of sp³-hybridized carbons (Fsp3) is 0.571. The summed E-state index contributed by atoms with van der Waals surface area (Å²) in [4.78, 5) is 18.1. The van der Waals surface area contributed by atoms with Gasteiger partial charge in [-0.2, -0.15) is 0 Å². The molecule has 1 fully saturated rings. The summed E-state index contributed by atoms with van der Waals surface area (Å²) in [5.41, 5.74) is 0. The molecule has 1 aromatic heterocycles. The Morgan fingerprint density at radius 1 is 1.39 bits per heavy atom. The van der Waals surface area contributed by atoms with Crippen molar-refractivity contribution < 1.29 is 4.79 Å². The highest BCUT2D eigenvalue weighted by atomic mass is 16.2. The molecule has 4 nitrogen and oxygen atoms in total. The van der Waals surface area contributed by atoms with Gasteiger partial charge in [-0.25, -0.2) is 4.98 Å². The second-order valence-electron chi connectivity index (χ2n) is 5.11. The third-order valence-electron chi connectivity index (χ3n) is 3.32. The molecule has 0 spiro atoms. The van der Waals surface area contributed by atoms with Crippen LogP contribution in [0.2, 0.25) is 0 Å². The summed E-state index contributed by atoms with van der Waals surface area (Å²) in [5.74, 6) is 1.29. The predicted octanol–water partition coefficient (Wildman–Crippen LogP) is 2.14. The SMILES string of the molecule is CC(C)C(=O)N1CCC(Nc2ccccn2)CC1. The Labute approximate surface area is 108 Å². The predicted molar refractivity (Wildman–Crippen MR) is 72.3 cm³/mol. The molecule has 2 rings (SSSR count). The van der Waals surface area contributed by atoms with Crippen molar-refractivity contribution in [2.45, 2.75) is 32.7 Å². The van der Waals surface area contributed by atoms with E-state index >= 15 is 0 Å². The van der Waals surface area contributed by atoms with Crippen molar-refractivity contribution in [3.8, 4) is 0 Å². The van der Waals surface area contributed by atoms with Crippen LogP contribution in [0.1, 0.15) is 26.7 Å². The van der Waals surface area contributed by atoms with Crippen molar-refractivity contribution >= 4 is 11.7 Å². The number of likely N-dealkylation sites (tertiary alicyclic amines) is 1. The van der Waals surface area contributed by atoms with Gasteiger partial charge in [-0.1, -0.05) is 19.9 Å². The number of nitrogens with zero attached hydrogens (tertiary/aromatic N) is 2. The van der Waals surface area contributed by atoms with Crippen LogP contribution in [0.3, 0.4) is 0 Å². The zero-order valence-electron chi connectivity index (χ0n) is 11.1. The molecule has 0 unspecified atom stereocenters. The van der Waals surface area contributed by atoms with Crippen molar-refractivity contribution in [3.63, 3.8) is 0 Å². The van der Waals surface area contributed by atoms with E-state index in [4.69, 9.17) is 0 Å². The lowest BCUT2D eigenvalue weighted by Gasteiger charge is -2.33. The molecule has 0 atom stereocenters. The van der Waals surface area contributed by atoms with Crippen LogP contribution in [0.5, 0.6) is 0 Å². The quantitative estimate of drug-likeness (QED) is 0.890. The first kappa shape index (κ1) is 12.9. The van der Waals surface area contributed by atoms with Crippen LogP contribution in [0, 0.1) is 5.92 Å². The first-order valence-electron chi connectivity index (χ1n) is 6.63. The van der Waals surface area contributed by atoms with Crippen LogP contribution in [-0.2, 0) is 4.79 Å². The second kappa shape index (κ2) is 5.85. The van der Waals surface area contributed by atoms with Gasteiger partial charge in [0.05, 0.1) is 0 Å². The maximum atomic E-state index is 11.9. The van der Waals surface area contributed by atoms with E-state index in [2.05, 4.69) is 10.3 Å². The Morgan fingerprint density at radius 3 is 2.67 bits per heavy atom. The van der Waals surface area contributed by atoms with Gasteiger partial charge < -0.3 is 10.2 Å². The Morgan fingerprint density at radius 2 is 2.11 bits per heavy atom. The first-order chi connectivity index (χ1) is 8.66. The molecule has 0 aromatic carbocycles.